The number of hydrogen-bond donors (Lipinski definition) is 1. The van der Waals surface area contributed by atoms with Gasteiger partial charge in [-0.2, -0.15) is 0 Å². The lowest BCUT2D eigenvalue weighted by atomic mass is 10.1. The molecule has 0 saturated carbocycles. The molecule has 27 heavy (non-hydrogen) atoms. The van der Waals surface area contributed by atoms with Gasteiger partial charge in [-0.25, -0.2) is 4.79 Å². The van der Waals surface area contributed by atoms with Crippen LogP contribution >= 0.6 is 15.9 Å². The second-order valence-electron chi connectivity index (χ2n) is 7.33. The van der Waals surface area contributed by atoms with E-state index in [1.54, 1.807) is 0 Å². The lowest BCUT2D eigenvalue weighted by Crippen LogP contribution is -2.24. The van der Waals surface area contributed by atoms with E-state index in [1.807, 2.05) is 65.0 Å². The van der Waals surface area contributed by atoms with E-state index in [-0.39, 0.29) is 6.61 Å². The zero-order chi connectivity index (χ0) is 20.2. The highest BCUT2D eigenvalue weighted by Crippen LogP contribution is 2.32. The van der Waals surface area contributed by atoms with E-state index < -0.39 is 22.4 Å². The molecule has 1 unspecified atom stereocenters. The third-order valence-electron chi connectivity index (χ3n) is 4.05. The van der Waals surface area contributed by atoms with Crippen molar-refractivity contribution in [1.29, 1.82) is 0 Å². The number of aromatic amines is 1. The van der Waals surface area contributed by atoms with Gasteiger partial charge in [-0.05, 0) is 50.8 Å². The molecule has 0 saturated heterocycles. The lowest BCUT2D eigenvalue weighted by Gasteiger charge is -2.19. The Morgan fingerprint density at radius 2 is 1.81 bits per heavy atom. The van der Waals surface area contributed by atoms with Gasteiger partial charge in [-0.15, -0.1) is 0 Å². The lowest BCUT2D eigenvalue weighted by molar-refractivity contribution is -0.144. The first-order chi connectivity index (χ1) is 12.6. The number of alkyl halides is 1. The Kier molecular flexibility index (Phi) is 6.87. The quantitative estimate of drug-likeness (QED) is 0.510. The molecule has 0 fully saturated rings. The van der Waals surface area contributed by atoms with Crippen molar-refractivity contribution in [1.82, 2.24) is 4.98 Å². The van der Waals surface area contributed by atoms with Crippen LogP contribution in [0.1, 0.15) is 65.4 Å². The number of benzene rings is 1. The Hall–Kier alpha value is -2.08. The largest absolute Gasteiger partial charge is 0.460 e. The van der Waals surface area contributed by atoms with E-state index in [1.165, 1.54) is 0 Å². The van der Waals surface area contributed by atoms with Crippen LogP contribution in [0.2, 0.25) is 0 Å². The molecule has 6 heteroatoms. The molecule has 2 aromatic rings. The van der Waals surface area contributed by atoms with Gasteiger partial charge < -0.3 is 14.5 Å². The molecule has 0 amide bonds. The Bertz CT molecular complexity index is 806. The number of ether oxygens (including phenoxy) is 2. The third kappa shape index (κ3) is 5.45. The summed E-state index contributed by atoms with van der Waals surface area (Å²) in [5.74, 6) is -0.844. The van der Waals surface area contributed by atoms with Gasteiger partial charge in [0.25, 0.3) is 0 Å². The van der Waals surface area contributed by atoms with Gasteiger partial charge in [0.05, 0.1) is 0 Å². The number of aromatic nitrogens is 1. The van der Waals surface area contributed by atoms with Crippen LogP contribution in [0.3, 0.4) is 0 Å². The number of H-pyrrole nitrogens is 1. The monoisotopic (exact) mass is 435 g/mol. The molecule has 1 aromatic heterocycles. The summed E-state index contributed by atoms with van der Waals surface area (Å²) in [5, 5.41) is 0. The molecule has 1 atom stereocenters. The van der Waals surface area contributed by atoms with Crippen molar-refractivity contribution >= 4 is 27.9 Å². The van der Waals surface area contributed by atoms with E-state index in [9.17, 15) is 9.59 Å². The first-order valence-corrected chi connectivity index (χ1v) is 9.85. The number of hydrogen-bond acceptors (Lipinski definition) is 4. The number of carbonyl (C=O) groups excluding carboxylic acids is 2. The predicted molar refractivity (Wildman–Crippen MR) is 108 cm³/mol. The summed E-state index contributed by atoms with van der Waals surface area (Å²) in [6.07, 6.45) is 0.675. The maximum absolute atomic E-state index is 12.5. The second kappa shape index (κ2) is 8.74. The van der Waals surface area contributed by atoms with Gasteiger partial charge in [0, 0.05) is 5.69 Å². The highest BCUT2D eigenvalue weighted by atomic mass is 79.9. The van der Waals surface area contributed by atoms with Crippen LogP contribution in [-0.4, -0.2) is 22.5 Å². The van der Waals surface area contributed by atoms with E-state index in [0.717, 1.165) is 16.7 Å². The molecule has 0 aliphatic carbocycles. The van der Waals surface area contributed by atoms with Gasteiger partial charge >= 0.3 is 11.9 Å². The molecule has 0 radical (unpaired) electrons. The van der Waals surface area contributed by atoms with E-state index in [0.29, 0.717) is 17.8 Å². The van der Waals surface area contributed by atoms with Crippen molar-refractivity contribution in [3.63, 3.8) is 0 Å². The van der Waals surface area contributed by atoms with Gasteiger partial charge in [0.1, 0.15) is 17.9 Å². The SMILES string of the molecule is CCc1c(C(Br)C(=O)OCc2ccccc2)[nH]c(C(=O)OC(C)(C)C)c1C. The third-order valence-corrected chi connectivity index (χ3v) is 4.88. The molecule has 0 aliphatic heterocycles. The van der Waals surface area contributed by atoms with Crippen molar-refractivity contribution in [3.05, 3.63) is 58.4 Å². The van der Waals surface area contributed by atoms with Gasteiger partial charge in [-0.1, -0.05) is 53.2 Å². The van der Waals surface area contributed by atoms with Crippen molar-refractivity contribution in [2.24, 2.45) is 0 Å². The topological polar surface area (TPSA) is 68.4 Å². The van der Waals surface area contributed by atoms with Crippen LogP contribution in [0.4, 0.5) is 0 Å². The molecule has 5 nitrogen and oxygen atoms in total. The van der Waals surface area contributed by atoms with Crippen molar-refractivity contribution in [3.8, 4) is 0 Å². The summed E-state index contributed by atoms with van der Waals surface area (Å²) in [7, 11) is 0. The first kappa shape index (κ1) is 21.2. The maximum atomic E-state index is 12.5. The van der Waals surface area contributed by atoms with Crippen LogP contribution in [-0.2, 0) is 27.3 Å². The Morgan fingerprint density at radius 1 is 1.19 bits per heavy atom. The fourth-order valence-electron chi connectivity index (χ4n) is 2.78. The molecule has 2 rings (SSSR count). The van der Waals surface area contributed by atoms with Crippen LogP contribution in [0.15, 0.2) is 30.3 Å². The molecule has 0 spiro atoms. The van der Waals surface area contributed by atoms with E-state index in [4.69, 9.17) is 9.47 Å². The van der Waals surface area contributed by atoms with Crippen molar-refractivity contribution < 1.29 is 19.1 Å². The zero-order valence-electron chi connectivity index (χ0n) is 16.4. The summed E-state index contributed by atoms with van der Waals surface area (Å²) >= 11 is 3.42. The minimum Gasteiger partial charge on any atom is -0.460 e. The average Bonchev–Trinajstić information content (AvgIpc) is 2.95. The molecule has 1 aromatic carbocycles. The standard InChI is InChI=1S/C21H26BrNO4/c1-6-15-13(2)17(20(25)27-21(3,4)5)23-18(15)16(22)19(24)26-12-14-10-8-7-9-11-14/h7-11,16,23H,6,12H2,1-5H3. The molecular weight excluding hydrogens is 410 g/mol. The van der Waals surface area contributed by atoms with Crippen LogP contribution in [0.5, 0.6) is 0 Å². The minimum absolute atomic E-state index is 0.196. The maximum Gasteiger partial charge on any atom is 0.355 e. The molecule has 1 N–H and O–H groups in total. The number of nitrogens with one attached hydrogen (secondary N) is 1. The second-order valence-corrected chi connectivity index (χ2v) is 8.24. The Morgan fingerprint density at radius 3 is 2.37 bits per heavy atom. The smallest absolute Gasteiger partial charge is 0.355 e. The Labute approximate surface area is 168 Å². The molecular formula is C21H26BrNO4. The normalized spacial score (nSPS) is 12.5. The van der Waals surface area contributed by atoms with Crippen molar-refractivity contribution in [2.75, 3.05) is 0 Å². The Balaban J connectivity index is 2.19. The summed E-state index contributed by atoms with van der Waals surface area (Å²) in [6, 6.07) is 9.49. The van der Waals surface area contributed by atoms with Crippen LogP contribution in [0.25, 0.3) is 0 Å². The van der Waals surface area contributed by atoms with Crippen molar-refractivity contribution in [2.45, 2.75) is 58.1 Å². The highest BCUT2D eigenvalue weighted by Gasteiger charge is 2.29. The zero-order valence-corrected chi connectivity index (χ0v) is 18.0. The molecule has 1 heterocycles. The van der Waals surface area contributed by atoms with Crippen LogP contribution in [0, 0.1) is 6.92 Å². The van der Waals surface area contributed by atoms with Gasteiger partial charge in [0.2, 0.25) is 0 Å². The van der Waals surface area contributed by atoms with E-state index >= 15 is 0 Å². The predicted octanol–water partition coefficient (Wildman–Crippen LogP) is 5.02. The number of halogens is 1. The fourth-order valence-corrected chi connectivity index (χ4v) is 3.30. The van der Waals surface area contributed by atoms with Gasteiger partial charge in [-0.3, -0.25) is 4.79 Å². The number of carbonyl (C=O) groups is 2. The summed E-state index contributed by atoms with van der Waals surface area (Å²) in [5.41, 5.74) is 3.03. The fraction of sp³-hybridized carbons (Fsp3) is 0.429. The van der Waals surface area contributed by atoms with E-state index in [2.05, 4.69) is 20.9 Å². The number of esters is 2. The number of rotatable bonds is 6. The average molecular weight is 436 g/mol. The minimum atomic E-state index is -0.689. The van der Waals surface area contributed by atoms with Crippen LogP contribution < -0.4 is 0 Å². The molecule has 0 bridgehead atoms. The first-order valence-electron chi connectivity index (χ1n) is 8.93. The molecule has 146 valence electrons. The highest BCUT2D eigenvalue weighted by molar-refractivity contribution is 9.09. The van der Waals surface area contributed by atoms with Gasteiger partial charge in [0.15, 0.2) is 4.83 Å². The molecule has 0 aliphatic rings. The summed E-state index contributed by atoms with van der Waals surface area (Å²) in [4.78, 5) is 27.4. The summed E-state index contributed by atoms with van der Waals surface area (Å²) in [6.45, 7) is 9.49. The summed E-state index contributed by atoms with van der Waals surface area (Å²) < 4.78 is 10.9.